The normalized spacial score (nSPS) is 20.2. The van der Waals surface area contributed by atoms with Crippen LogP contribution in [0.15, 0.2) is 24.3 Å². The Kier molecular flexibility index (Phi) is 5.23. The Morgan fingerprint density at radius 3 is 2.67 bits per heavy atom. The van der Waals surface area contributed by atoms with Crippen molar-refractivity contribution in [1.29, 1.82) is 0 Å². The third-order valence-corrected chi connectivity index (χ3v) is 3.73. The molecule has 2 atom stereocenters. The summed E-state index contributed by atoms with van der Waals surface area (Å²) in [7, 11) is 0. The van der Waals surface area contributed by atoms with Crippen LogP contribution in [0, 0.1) is 11.8 Å². The van der Waals surface area contributed by atoms with Gasteiger partial charge < -0.3 is 10.6 Å². The van der Waals surface area contributed by atoms with Gasteiger partial charge in [0.25, 0.3) is 0 Å². The predicted octanol–water partition coefficient (Wildman–Crippen LogP) is 2.16. The second-order valence-electron chi connectivity index (χ2n) is 5.78. The van der Waals surface area contributed by atoms with Crippen molar-refractivity contribution in [1.82, 2.24) is 10.6 Å². The first-order valence-corrected chi connectivity index (χ1v) is 7.67. The van der Waals surface area contributed by atoms with Crippen LogP contribution in [0.5, 0.6) is 0 Å². The fourth-order valence-electron chi connectivity index (χ4n) is 2.32. The van der Waals surface area contributed by atoms with Crippen molar-refractivity contribution in [3.63, 3.8) is 0 Å². The average molecular weight is 309 g/mol. The summed E-state index contributed by atoms with van der Waals surface area (Å²) in [5.74, 6) is -0.359. The topological polar surface area (TPSA) is 58.2 Å². The van der Waals surface area contributed by atoms with Gasteiger partial charge in [0.15, 0.2) is 0 Å². The molecule has 0 saturated heterocycles. The molecule has 114 valence electrons. The molecule has 21 heavy (non-hydrogen) atoms. The summed E-state index contributed by atoms with van der Waals surface area (Å²) in [4.78, 5) is 23.7. The molecule has 2 amide bonds. The summed E-state index contributed by atoms with van der Waals surface area (Å²) in [6, 6.07) is 7.71. The molecule has 0 spiro atoms. The van der Waals surface area contributed by atoms with Gasteiger partial charge in [-0.2, -0.15) is 0 Å². The molecule has 5 heteroatoms. The maximum Gasteiger partial charge on any atom is 0.224 e. The Balaban J connectivity index is 1.70. The van der Waals surface area contributed by atoms with Gasteiger partial charge in [0.1, 0.15) is 0 Å². The number of hydrogen-bond donors (Lipinski definition) is 2. The summed E-state index contributed by atoms with van der Waals surface area (Å²) in [6.07, 6.45) is 1.39. The van der Waals surface area contributed by atoms with E-state index in [1.807, 2.05) is 38.1 Å². The van der Waals surface area contributed by atoms with E-state index in [1.165, 1.54) is 0 Å². The lowest BCUT2D eigenvalue weighted by Gasteiger charge is -2.08. The minimum atomic E-state index is -0.164. The van der Waals surface area contributed by atoms with E-state index in [2.05, 4.69) is 10.6 Å². The van der Waals surface area contributed by atoms with Crippen LogP contribution in [0.1, 0.15) is 25.8 Å². The maximum atomic E-state index is 11.9. The number of benzene rings is 1. The largest absolute Gasteiger partial charge is 0.356 e. The van der Waals surface area contributed by atoms with E-state index in [-0.39, 0.29) is 29.7 Å². The molecule has 2 unspecified atom stereocenters. The van der Waals surface area contributed by atoms with E-state index in [4.69, 9.17) is 11.6 Å². The summed E-state index contributed by atoms with van der Waals surface area (Å²) >= 11 is 5.91. The van der Waals surface area contributed by atoms with Crippen molar-refractivity contribution in [3.05, 3.63) is 34.9 Å². The quantitative estimate of drug-likeness (QED) is 0.846. The molecule has 0 aromatic heterocycles. The lowest BCUT2D eigenvalue weighted by atomic mass is 10.1. The van der Waals surface area contributed by atoms with Crippen LogP contribution in [0.25, 0.3) is 0 Å². The van der Waals surface area contributed by atoms with Gasteiger partial charge in [0, 0.05) is 17.6 Å². The van der Waals surface area contributed by atoms with Crippen LogP contribution in [-0.4, -0.2) is 24.4 Å². The number of rotatable bonds is 6. The molecule has 1 aromatic rings. The molecule has 1 aromatic carbocycles. The van der Waals surface area contributed by atoms with Gasteiger partial charge in [0.2, 0.25) is 11.8 Å². The Labute approximate surface area is 130 Å². The minimum Gasteiger partial charge on any atom is -0.356 e. The van der Waals surface area contributed by atoms with Crippen LogP contribution < -0.4 is 10.6 Å². The Hall–Kier alpha value is -1.55. The van der Waals surface area contributed by atoms with Gasteiger partial charge in [-0.15, -0.1) is 0 Å². The van der Waals surface area contributed by atoms with Gasteiger partial charge in [0.05, 0.1) is 11.8 Å². The summed E-state index contributed by atoms with van der Waals surface area (Å²) in [5.41, 5.74) is 1.09. The van der Waals surface area contributed by atoms with E-state index >= 15 is 0 Å². The third-order valence-electron chi connectivity index (χ3n) is 3.50. The molecule has 0 aliphatic heterocycles. The first kappa shape index (κ1) is 15.8. The van der Waals surface area contributed by atoms with Crippen molar-refractivity contribution < 1.29 is 9.59 Å². The predicted molar refractivity (Wildman–Crippen MR) is 83.0 cm³/mol. The van der Waals surface area contributed by atoms with Gasteiger partial charge >= 0.3 is 0 Å². The number of hydrogen-bond acceptors (Lipinski definition) is 2. The summed E-state index contributed by atoms with van der Waals surface area (Å²) in [6.45, 7) is 4.40. The van der Waals surface area contributed by atoms with Crippen molar-refractivity contribution in [2.45, 2.75) is 32.7 Å². The zero-order valence-corrected chi connectivity index (χ0v) is 13.1. The van der Waals surface area contributed by atoms with Crippen LogP contribution in [0.2, 0.25) is 5.02 Å². The second-order valence-corrected chi connectivity index (χ2v) is 6.22. The van der Waals surface area contributed by atoms with Crippen molar-refractivity contribution in [3.8, 4) is 0 Å². The maximum absolute atomic E-state index is 11.9. The van der Waals surface area contributed by atoms with E-state index < -0.39 is 0 Å². The number of amides is 2. The van der Waals surface area contributed by atoms with E-state index in [0.29, 0.717) is 18.0 Å². The van der Waals surface area contributed by atoms with Gasteiger partial charge in [-0.25, -0.2) is 0 Å². The van der Waals surface area contributed by atoms with E-state index in [0.717, 1.165) is 12.0 Å². The van der Waals surface area contributed by atoms with E-state index in [9.17, 15) is 9.59 Å². The Bertz CT molecular complexity index is 531. The number of halogens is 1. The molecule has 1 aliphatic rings. The molecule has 0 heterocycles. The molecule has 0 bridgehead atoms. The smallest absolute Gasteiger partial charge is 0.224 e. The Morgan fingerprint density at radius 2 is 2.00 bits per heavy atom. The van der Waals surface area contributed by atoms with Gasteiger partial charge in [-0.1, -0.05) is 23.7 Å². The molecular formula is C16H21ClN2O2. The Morgan fingerprint density at radius 1 is 1.29 bits per heavy atom. The molecule has 1 saturated carbocycles. The SMILES string of the molecule is CC(C)NC(=O)C1CC1C(=O)NCCc1cccc(Cl)c1. The summed E-state index contributed by atoms with van der Waals surface area (Å²) in [5, 5.41) is 6.43. The van der Waals surface area contributed by atoms with Crippen molar-refractivity contribution >= 4 is 23.4 Å². The third kappa shape index (κ3) is 4.74. The molecular weight excluding hydrogens is 288 g/mol. The molecule has 1 fully saturated rings. The minimum absolute atomic E-state index is 0.0139. The van der Waals surface area contributed by atoms with E-state index in [1.54, 1.807) is 0 Å². The fraction of sp³-hybridized carbons (Fsp3) is 0.500. The standard InChI is InChI=1S/C16H21ClN2O2/c1-10(2)19-16(21)14-9-13(14)15(20)18-7-6-11-4-3-5-12(17)8-11/h3-5,8,10,13-14H,6-7,9H2,1-2H3,(H,18,20)(H,19,21). The zero-order chi connectivity index (χ0) is 15.4. The second kappa shape index (κ2) is 6.94. The fourth-order valence-corrected chi connectivity index (χ4v) is 2.53. The highest BCUT2D eigenvalue weighted by Gasteiger charge is 2.47. The number of carbonyl (C=O) groups is 2. The highest BCUT2D eigenvalue weighted by molar-refractivity contribution is 6.30. The monoisotopic (exact) mass is 308 g/mol. The lowest BCUT2D eigenvalue weighted by molar-refractivity contribution is -0.127. The van der Waals surface area contributed by atoms with Crippen molar-refractivity contribution in [2.24, 2.45) is 11.8 Å². The first-order chi connectivity index (χ1) is 9.97. The highest BCUT2D eigenvalue weighted by atomic mass is 35.5. The van der Waals surface area contributed by atoms with Crippen LogP contribution in [0.3, 0.4) is 0 Å². The van der Waals surface area contributed by atoms with Gasteiger partial charge in [-0.05, 0) is 44.4 Å². The van der Waals surface area contributed by atoms with Crippen LogP contribution in [0.4, 0.5) is 0 Å². The van der Waals surface area contributed by atoms with Crippen LogP contribution in [-0.2, 0) is 16.0 Å². The van der Waals surface area contributed by atoms with Crippen molar-refractivity contribution in [2.75, 3.05) is 6.54 Å². The van der Waals surface area contributed by atoms with Crippen LogP contribution >= 0.6 is 11.6 Å². The molecule has 0 radical (unpaired) electrons. The number of nitrogens with one attached hydrogen (secondary N) is 2. The average Bonchev–Trinajstić information content (AvgIpc) is 3.18. The number of carbonyl (C=O) groups excluding carboxylic acids is 2. The summed E-state index contributed by atoms with van der Waals surface area (Å²) < 4.78 is 0. The lowest BCUT2D eigenvalue weighted by Crippen LogP contribution is -2.34. The van der Waals surface area contributed by atoms with Gasteiger partial charge in [-0.3, -0.25) is 9.59 Å². The molecule has 1 aliphatic carbocycles. The molecule has 2 rings (SSSR count). The molecule has 4 nitrogen and oxygen atoms in total. The molecule has 2 N–H and O–H groups in total. The zero-order valence-electron chi connectivity index (χ0n) is 12.4. The highest BCUT2D eigenvalue weighted by Crippen LogP contribution is 2.38. The first-order valence-electron chi connectivity index (χ1n) is 7.30.